The zero-order valence-electron chi connectivity index (χ0n) is 12.1. The Kier molecular flexibility index (Phi) is 4.99. The van der Waals surface area contributed by atoms with Crippen LogP contribution in [0.5, 0.6) is 0 Å². The SMILES string of the molecule is CCNCCCc1nnc(-c2c(C)cccc2[N+](=O)[O-])o1. The Morgan fingerprint density at radius 1 is 1.38 bits per heavy atom. The summed E-state index contributed by atoms with van der Waals surface area (Å²) in [6.45, 7) is 5.63. The molecule has 0 aliphatic rings. The Balaban J connectivity index is 2.20. The summed E-state index contributed by atoms with van der Waals surface area (Å²) in [6.07, 6.45) is 1.53. The Morgan fingerprint density at radius 2 is 2.19 bits per heavy atom. The quantitative estimate of drug-likeness (QED) is 0.478. The lowest BCUT2D eigenvalue weighted by atomic mass is 10.1. The van der Waals surface area contributed by atoms with Crippen molar-refractivity contribution in [1.82, 2.24) is 15.5 Å². The van der Waals surface area contributed by atoms with Crippen molar-refractivity contribution in [3.8, 4) is 11.5 Å². The highest BCUT2D eigenvalue weighted by Crippen LogP contribution is 2.31. The summed E-state index contributed by atoms with van der Waals surface area (Å²) in [5.74, 6) is 0.707. The molecular formula is C14H18N4O3. The maximum absolute atomic E-state index is 11.1. The first-order chi connectivity index (χ1) is 10.1. The van der Waals surface area contributed by atoms with E-state index >= 15 is 0 Å². The number of benzene rings is 1. The predicted octanol–water partition coefficient (Wildman–Crippen LogP) is 2.50. The van der Waals surface area contributed by atoms with Crippen molar-refractivity contribution >= 4 is 5.69 Å². The number of hydrogen-bond donors (Lipinski definition) is 1. The maximum Gasteiger partial charge on any atom is 0.282 e. The van der Waals surface area contributed by atoms with Gasteiger partial charge < -0.3 is 9.73 Å². The van der Waals surface area contributed by atoms with Crippen LogP contribution in [-0.4, -0.2) is 28.2 Å². The first kappa shape index (κ1) is 15.1. The summed E-state index contributed by atoms with van der Waals surface area (Å²) in [5.41, 5.74) is 1.12. The predicted molar refractivity (Wildman–Crippen MR) is 78.0 cm³/mol. The first-order valence-corrected chi connectivity index (χ1v) is 6.91. The van der Waals surface area contributed by atoms with Crippen molar-refractivity contribution in [3.05, 3.63) is 39.8 Å². The van der Waals surface area contributed by atoms with Crippen LogP contribution in [0, 0.1) is 17.0 Å². The summed E-state index contributed by atoms with van der Waals surface area (Å²) in [4.78, 5) is 10.7. The Bertz CT molecular complexity index is 624. The molecule has 0 unspecified atom stereocenters. The molecule has 0 aliphatic carbocycles. The minimum absolute atomic E-state index is 0.0159. The second kappa shape index (κ2) is 6.94. The molecule has 1 aromatic carbocycles. The Hall–Kier alpha value is -2.28. The molecule has 2 aromatic rings. The van der Waals surface area contributed by atoms with Crippen LogP contribution in [0.2, 0.25) is 0 Å². The van der Waals surface area contributed by atoms with Gasteiger partial charge in [0.2, 0.25) is 5.89 Å². The third-order valence-corrected chi connectivity index (χ3v) is 3.12. The number of rotatable bonds is 7. The lowest BCUT2D eigenvalue weighted by molar-refractivity contribution is -0.384. The molecule has 0 atom stereocenters. The van der Waals surface area contributed by atoms with E-state index in [1.165, 1.54) is 6.07 Å². The molecule has 0 bridgehead atoms. The highest BCUT2D eigenvalue weighted by atomic mass is 16.6. The van der Waals surface area contributed by atoms with E-state index in [0.29, 0.717) is 17.9 Å². The van der Waals surface area contributed by atoms with Crippen LogP contribution in [0.3, 0.4) is 0 Å². The molecule has 112 valence electrons. The molecule has 0 spiro atoms. The monoisotopic (exact) mass is 290 g/mol. The van der Waals surface area contributed by atoms with Gasteiger partial charge in [0.15, 0.2) is 0 Å². The second-order valence-electron chi connectivity index (χ2n) is 4.68. The van der Waals surface area contributed by atoms with Crippen molar-refractivity contribution in [2.24, 2.45) is 0 Å². The summed E-state index contributed by atoms with van der Waals surface area (Å²) in [7, 11) is 0. The van der Waals surface area contributed by atoms with Gasteiger partial charge in [-0.15, -0.1) is 10.2 Å². The van der Waals surface area contributed by atoms with Crippen molar-refractivity contribution in [1.29, 1.82) is 0 Å². The Morgan fingerprint density at radius 3 is 2.90 bits per heavy atom. The molecule has 2 rings (SSSR count). The zero-order valence-corrected chi connectivity index (χ0v) is 12.1. The van der Waals surface area contributed by atoms with E-state index in [1.807, 2.05) is 6.92 Å². The van der Waals surface area contributed by atoms with E-state index in [4.69, 9.17) is 4.42 Å². The lowest BCUT2D eigenvalue weighted by Gasteiger charge is -2.02. The van der Waals surface area contributed by atoms with Gasteiger partial charge in [0.1, 0.15) is 5.56 Å². The third-order valence-electron chi connectivity index (χ3n) is 3.12. The van der Waals surface area contributed by atoms with E-state index in [9.17, 15) is 10.1 Å². The summed E-state index contributed by atoms with van der Waals surface area (Å²) < 4.78 is 5.57. The van der Waals surface area contributed by atoms with Crippen LogP contribution in [0.4, 0.5) is 5.69 Å². The molecule has 7 nitrogen and oxygen atoms in total. The molecule has 0 saturated heterocycles. The number of nitro benzene ring substituents is 1. The minimum atomic E-state index is -0.433. The summed E-state index contributed by atoms with van der Waals surface area (Å²) in [5, 5.41) is 22.2. The van der Waals surface area contributed by atoms with E-state index in [1.54, 1.807) is 19.1 Å². The Labute approximate surface area is 122 Å². The van der Waals surface area contributed by atoms with Gasteiger partial charge >= 0.3 is 0 Å². The third kappa shape index (κ3) is 3.63. The van der Waals surface area contributed by atoms with E-state index in [2.05, 4.69) is 15.5 Å². The fourth-order valence-corrected chi connectivity index (χ4v) is 2.08. The number of nitrogens with zero attached hydrogens (tertiary/aromatic N) is 3. The lowest BCUT2D eigenvalue weighted by Crippen LogP contribution is -2.14. The summed E-state index contributed by atoms with van der Waals surface area (Å²) >= 11 is 0. The van der Waals surface area contributed by atoms with Gasteiger partial charge in [-0.1, -0.05) is 19.1 Å². The fraction of sp³-hybridized carbons (Fsp3) is 0.429. The average molecular weight is 290 g/mol. The van der Waals surface area contributed by atoms with Gasteiger partial charge in [0.25, 0.3) is 11.6 Å². The molecule has 21 heavy (non-hydrogen) atoms. The number of aryl methyl sites for hydroxylation is 2. The molecule has 0 fully saturated rings. The van der Waals surface area contributed by atoms with Crippen molar-refractivity contribution < 1.29 is 9.34 Å². The van der Waals surface area contributed by atoms with Crippen molar-refractivity contribution in [2.45, 2.75) is 26.7 Å². The molecule has 1 aromatic heterocycles. The average Bonchev–Trinajstić information content (AvgIpc) is 2.91. The van der Waals surface area contributed by atoms with Crippen LogP contribution in [0.15, 0.2) is 22.6 Å². The molecule has 0 radical (unpaired) electrons. The normalized spacial score (nSPS) is 10.8. The fourth-order valence-electron chi connectivity index (χ4n) is 2.08. The molecule has 1 N–H and O–H groups in total. The standard InChI is InChI=1S/C14H18N4O3/c1-3-15-9-5-8-12-16-17-14(21-12)13-10(2)6-4-7-11(13)18(19)20/h4,6-7,15H,3,5,8-9H2,1-2H3. The van der Waals surface area contributed by atoms with E-state index < -0.39 is 4.92 Å². The molecule has 0 saturated carbocycles. The van der Waals surface area contributed by atoms with Crippen molar-refractivity contribution in [3.63, 3.8) is 0 Å². The van der Waals surface area contributed by atoms with Crippen LogP contribution >= 0.6 is 0 Å². The van der Waals surface area contributed by atoms with E-state index in [-0.39, 0.29) is 11.6 Å². The largest absolute Gasteiger partial charge is 0.420 e. The zero-order chi connectivity index (χ0) is 15.2. The number of hydrogen-bond acceptors (Lipinski definition) is 6. The van der Waals surface area contributed by atoms with Crippen molar-refractivity contribution in [2.75, 3.05) is 13.1 Å². The second-order valence-corrected chi connectivity index (χ2v) is 4.68. The molecule has 0 aliphatic heterocycles. The highest BCUT2D eigenvalue weighted by molar-refractivity contribution is 5.70. The maximum atomic E-state index is 11.1. The van der Waals surface area contributed by atoms with Gasteiger partial charge in [0.05, 0.1) is 4.92 Å². The molecule has 1 heterocycles. The van der Waals surface area contributed by atoms with Gasteiger partial charge in [-0.2, -0.15) is 0 Å². The van der Waals surface area contributed by atoms with Gasteiger partial charge in [-0.25, -0.2) is 0 Å². The molecular weight excluding hydrogens is 272 g/mol. The topological polar surface area (TPSA) is 94.1 Å². The van der Waals surface area contributed by atoms with Crippen LogP contribution in [-0.2, 0) is 6.42 Å². The number of nitro groups is 1. The van der Waals surface area contributed by atoms with Crippen LogP contribution in [0.25, 0.3) is 11.5 Å². The van der Waals surface area contributed by atoms with E-state index in [0.717, 1.165) is 25.1 Å². The van der Waals surface area contributed by atoms with Crippen LogP contribution in [0.1, 0.15) is 24.8 Å². The molecule has 7 heteroatoms. The van der Waals surface area contributed by atoms with Gasteiger partial charge in [-0.3, -0.25) is 10.1 Å². The first-order valence-electron chi connectivity index (χ1n) is 6.91. The molecule has 0 amide bonds. The highest BCUT2D eigenvalue weighted by Gasteiger charge is 2.22. The summed E-state index contributed by atoms with van der Waals surface area (Å²) in [6, 6.07) is 4.87. The van der Waals surface area contributed by atoms with Gasteiger partial charge in [0, 0.05) is 12.5 Å². The number of aromatic nitrogens is 2. The minimum Gasteiger partial charge on any atom is -0.420 e. The smallest absolute Gasteiger partial charge is 0.282 e. The van der Waals surface area contributed by atoms with Crippen LogP contribution < -0.4 is 5.32 Å². The number of nitrogens with one attached hydrogen (secondary N) is 1. The van der Waals surface area contributed by atoms with Gasteiger partial charge in [-0.05, 0) is 32.0 Å².